The van der Waals surface area contributed by atoms with Crippen LogP contribution in [0.2, 0.25) is 0 Å². The number of hydrogen-bond donors (Lipinski definition) is 2. The van der Waals surface area contributed by atoms with Crippen molar-refractivity contribution < 1.29 is 9.72 Å². The number of nitro benzene ring substituents is 1. The molecule has 0 saturated carbocycles. The normalized spacial score (nSPS) is 12.3. The molecule has 2 N–H and O–H groups in total. The fraction of sp³-hybridized carbons (Fsp3) is 0.278. The number of non-ortho nitro benzene ring substituents is 1. The van der Waals surface area contributed by atoms with Gasteiger partial charge in [0.15, 0.2) is 0 Å². The molecule has 3 rings (SSSR count). The summed E-state index contributed by atoms with van der Waals surface area (Å²) in [5, 5.41) is 16.9. The quantitative estimate of drug-likeness (QED) is 0.631. The van der Waals surface area contributed by atoms with E-state index in [1.54, 1.807) is 12.1 Å². The molecule has 1 aliphatic heterocycles. The molecule has 132 valence electrons. The highest BCUT2D eigenvalue weighted by Gasteiger charge is 2.16. The van der Waals surface area contributed by atoms with E-state index in [2.05, 4.69) is 10.6 Å². The van der Waals surface area contributed by atoms with Gasteiger partial charge in [0.2, 0.25) is 0 Å². The molecule has 0 aromatic heterocycles. The summed E-state index contributed by atoms with van der Waals surface area (Å²) >= 11 is 0. The van der Waals surface area contributed by atoms with E-state index in [-0.39, 0.29) is 24.0 Å². The summed E-state index contributed by atoms with van der Waals surface area (Å²) in [5.41, 5.74) is 3.88. The van der Waals surface area contributed by atoms with Crippen LogP contribution >= 0.6 is 12.4 Å². The molecular formula is C18H20ClN3O3. The number of fused-ring (bicyclic) bond motifs is 1. The van der Waals surface area contributed by atoms with Gasteiger partial charge in [-0.1, -0.05) is 18.2 Å². The highest BCUT2D eigenvalue weighted by atomic mass is 35.5. The molecule has 0 fully saturated rings. The van der Waals surface area contributed by atoms with Crippen LogP contribution in [0.1, 0.15) is 27.9 Å². The van der Waals surface area contributed by atoms with Crippen LogP contribution in [0.25, 0.3) is 0 Å². The predicted molar refractivity (Wildman–Crippen MR) is 99.6 cm³/mol. The largest absolute Gasteiger partial charge is 0.385 e. The van der Waals surface area contributed by atoms with Gasteiger partial charge in [0, 0.05) is 36.5 Å². The summed E-state index contributed by atoms with van der Waals surface area (Å²) in [6.07, 6.45) is 2.57. The molecule has 1 heterocycles. The van der Waals surface area contributed by atoms with Crippen LogP contribution in [0.3, 0.4) is 0 Å². The van der Waals surface area contributed by atoms with Gasteiger partial charge in [0.05, 0.1) is 4.92 Å². The van der Waals surface area contributed by atoms with Gasteiger partial charge in [0.1, 0.15) is 0 Å². The Balaban J connectivity index is 0.00000225. The van der Waals surface area contributed by atoms with Crippen molar-refractivity contribution in [1.29, 1.82) is 0 Å². The first-order valence-electron chi connectivity index (χ1n) is 8.02. The number of carbonyl (C=O) groups excluding carboxylic acids is 1. The number of benzene rings is 2. The number of hydrogen-bond acceptors (Lipinski definition) is 4. The maximum absolute atomic E-state index is 12.4. The standard InChI is InChI=1S/C18H19N3O3.ClH/c22-18(16-3-1-5-17-15(16)4-2-11-19-17)20-12-10-13-6-8-14(9-7-13)21(23)24;/h1,3,5-9,19H,2,4,10-12H2,(H,20,22);1H. The first-order chi connectivity index (χ1) is 11.6. The van der Waals surface area contributed by atoms with Gasteiger partial charge >= 0.3 is 0 Å². The second-order valence-electron chi connectivity index (χ2n) is 5.79. The monoisotopic (exact) mass is 361 g/mol. The second kappa shape index (κ2) is 8.48. The van der Waals surface area contributed by atoms with Crippen molar-refractivity contribution in [2.24, 2.45) is 0 Å². The molecule has 1 aliphatic rings. The lowest BCUT2D eigenvalue weighted by Crippen LogP contribution is -2.27. The van der Waals surface area contributed by atoms with E-state index in [1.165, 1.54) is 12.1 Å². The summed E-state index contributed by atoms with van der Waals surface area (Å²) in [6.45, 7) is 1.44. The average Bonchev–Trinajstić information content (AvgIpc) is 2.61. The number of rotatable bonds is 5. The molecule has 0 radical (unpaired) electrons. The van der Waals surface area contributed by atoms with Crippen LogP contribution in [0.4, 0.5) is 11.4 Å². The molecule has 7 heteroatoms. The average molecular weight is 362 g/mol. The van der Waals surface area contributed by atoms with Crippen LogP contribution in [-0.4, -0.2) is 23.9 Å². The van der Waals surface area contributed by atoms with Gasteiger partial charge in [-0.25, -0.2) is 0 Å². The number of anilines is 1. The van der Waals surface area contributed by atoms with Gasteiger partial charge in [-0.2, -0.15) is 0 Å². The van der Waals surface area contributed by atoms with Gasteiger partial charge < -0.3 is 10.6 Å². The third-order valence-corrected chi connectivity index (χ3v) is 4.19. The highest BCUT2D eigenvalue weighted by Crippen LogP contribution is 2.25. The molecule has 6 nitrogen and oxygen atoms in total. The molecule has 25 heavy (non-hydrogen) atoms. The molecule has 2 aromatic rings. The van der Waals surface area contributed by atoms with Crippen LogP contribution in [-0.2, 0) is 12.8 Å². The second-order valence-corrected chi connectivity index (χ2v) is 5.79. The fourth-order valence-electron chi connectivity index (χ4n) is 2.92. The lowest BCUT2D eigenvalue weighted by molar-refractivity contribution is -0.384. The van der Waals surface area contributed by atoms with Crippen LogP contribution < -0.4 is 10.6 Å². The molecular weight excluding hydrogens is 342 g/mol. The smallest absolute Gasteiger partial charge is 0.269 e. The van der Waals surface area contributed by atoms with Crippen molar-refractivity contribution in [2.45, 2.75) is 19.3 Å². The van der Waals surface area contributed by atoms with E-state index >= 15 is 0 Å². The zero-order valence-electron chi connectivity index (χ0n) is 13.7. The molecule has 2 aromatic carbocycles. The van der Waals surface area contributed by atoms with Gasteiger partial charge in [-0.3, -0.25) is 14.9 Å². The van der Waals surface area contributed by atoms with E-state index in [1.807, 2.05) is 18.2 Å². The molecule has 0 unspecified atom stereocenters. The van der Waals surface area contributed by atoms with Crippen molar-refractivity contribution in [3.05, 3.63) is 69.3 Å². The van der Waals surface area contributed by atoms with E-state index in [0.717, 1.165) is 41.8 Å². The number of halogens is 1. The Morgan fingerprint density at radius 2 is 1.96 bits per heavy atom. The van der Waals surface area contributed by atoms with Gasteiger partial charge in [0.25, 0.3) is 11.6 Å². The van der Waals surface area contributed by atoms with Gasteiger partial charge in [-0.15, -0.1) is 12.4 Å². The number of amides is 1. The topological polar surface area (TPSA) is 84.3 Å². The maximum atomic E-state index is 12.4. The van der Waals surface area contributed by atoms with Crippen molar-refractivity contribution in [3.8, 4) is 0 Å². The van der Waals surface area contributed by atoms with Crippen molar-refractivity contribution in [3.63, 3.8) is 0 Å². The number of carbonyl (C=O) groups is 1. The van der Waals surface area contributed by atoms with Crippen LogP contribution in [0.15, 0.2) is 42.5 Å². The van der Waals surface area contributed by atoms with E-state index < -0.39 is 4.92 Å². The lowest BCUT2D eigenvalue weighted by Gasteiger charge is -2.20. The fourth-order valence-corrected chi connectivity index (χ4v) is 2.92. The van der Waals surface area contributed by atoms with Crippen LogP contribution in [0, 0.1) is 10.1 Å². The van der Waals surface area contributed by atoms with E-state index in [9.17, 15) is 14.9 Å². The first kappa shape index (κ1) is 18.7. The van der Waals surface area contributed by atoms with Crippen LogP contribution in [0.5, 0.6) is 0 Å². The van der Waals surface area contributed by atoms with E-state index in [0.29, 0.717) is 13.0 Å². The summed E-state index contributed by atoms with van der Waals surface area (Å²) in [7, 11) is 0. The van der Waals surface area contributed by atoms with Crippen molar-refractivity contribution in [1.82, 2.24) is 5.32 Å². The lowest BCUT2D eigenvalue weighted by atomic mass is 9.97. The first-order valence-corrected chi connectivity index (χ1v) is 8.02. The Bertz CT molecular complexity index is 763. The third-order valence-electron chi connectivity index (χ3n) is 4.19. The number of nitro groups is 1. The minimum Gasteiger partial charge on any atom is -0.385 e. The predicted octanol–water partition coefficient (Wildman–Crippen LogP) is 3.35. The molecule has 0 aliphatic carbocycles. The Morgan fingerprint density at radius 1 is 1.20 bits per heavy atom. The third kappa shape index (κ3) is 4.48. The van der Waals surface area contributed by atoms with Crippen molar-refractivity contribution >= 4 is 29.7 Å². The Hall–Kier alpha value is -2.60. The van der Waals surface area contributed by atoms with E-state index in [4.69, 9.17) is 0 Å². The summed E-state index contributed by atoms with van der Waals surface area (Å²) < 4.78 is 0. The summed E-state index contributed by atoms with van der Waals surface area (Å²) in [6, 6.07) is 12.2. The SMILES string of the molecule is Cl.O=C(NCCc1ccc([N+](=O)[O-])cc1)c1cccc2c1CCCN2. The molecule has 0 atom stereocenters. The molecule has 0 spiro atoms. The summed E-state index contributed by atoms with van der Waals surface area (Å²) in [5.74, 6) is -0.0718. The minimum atomic E-state index is -0.419. The zero-order chi connectivity index (χ0) is 16.9. The Labute approximate surface area is 152 Å². The van der Waals surface area contributed by atoms with Gasteiger partial charge in [-0.05, 0) is 42.5 Å². The Kier molecular flexibility index (Phi) is 6.36. The zero-order valence-corrected chi connectivity index (χ0v) is 14.5. The highest BCUT2D eigenvalue weighted by molar-refractivity contribution is 5.97. The minimum absolute atomic E-state index is 0. The molecule has 0 bridgehead atoms. The molecule has 0 saturated heterocycles. The maximum Gasteiger partial charge on any atom is 0.269 e. The Morgan fingerprint density at radius 3 is 2.68 bits per heavy atom. The van der Waals surface area contributed by atoms with Crippen molar-refractivity contribution in [2.75, 3.05) is 18.4 Å². The number of nitrogens with one attached hydrogen (secondary N) is 2. The number of nitrogens with zero attached hydrogens (tertiary/aromatic N) is 1. The summed E-state index contributed by atoms with van der Waals surface area (Å²) in [4.78, 5) is 22.6. The molecule has 1 amide bonds.